The lowest BCUT2D eigenvalue weighted by molar-refractivity contribution is 0.425. The van der Waals surface area contributed by atoms with Gasteiger partial charge in [-0.1, -0.05) is 12.0 Å². The summed E-state index contributed by atoms with van der Waals surface area (Å²) in [5.74, 6) is -0.0654. The Morgan fingerprint density at radius 2 is 2.56 bits per heavy atom. The molecule has 0 atom stereocenters. The average molecular weight is 126 g/mol. The molecule has 0 N–H and O–H groups in total. The summed E-state index contributed by atoms with van der Waals surface area (Å²) in [6, 6.07) is 0. The van der Waals surface area contributed by atoms with Crippen LogP contribution < -0.4 is 5.76 Å². The Labute approximate surface area is 51.5 Å². The summed E-state index contributed by atoms with van der Waals surface area (Å²) in [5.41, 5.74) is 0. The fraction of sp³-hybridized carbons (Fsp3) is 0.400. The molecule has 0 aliphatic rings. The highest BCUT2D eigenvalue weighted by molar-refractivity contribution is 4.83. The predicted molar refractivity (Wildman–Crippen MR) is 29.9 cm³/mol. The number of nitrogens with zero attached hydrogens (tertiary/aromatic N) is 2. The lowest BCUT2D eigenvalue weighted by atomic mass is 10.4. The quantitative estimate of drug-likeness (QED) is 0.531. The van der Waals surface area contributed by atoms with Gasteiger partial charge in [0.25, 0.3) is 0 Å². The van der Waals surface area contributed by atoms with Crippen LogP contribution >= 0.6 is 0 Å². The Balaban J connectivity index is 3.08. The number of aromatic nitrogens is 2. The van der Waals surface area contributed by atoms with E-state index in [0.717, 1.165) is 0 Å². The van der Waals surface area contributed by atoms with Crippen molar-refractivity contribution in [3.8, 4) is 0 Å². The van der Waals surface area contributed by atoms with Gasteiger partial charge in [-0.3, -0.25) is 0 Å². The molecule has 1 aromatic heterocycles. The third-order valence-corrected chi connectivity index (χ3v) is 0.908. The fourth-order valence-electron chi connectivity index (χ4n) is 0.463. The molecule has 0 spiro atoms. The average Bonchev–Trinajstić information content (AvgIpc) is 1.88. The van der Waals surface area contributed by atoms with E-state index in [1.165, 1.54) is 6.20 Å². The van der Waals surface area contributed by atoms with Crippen molar-refractivity contribution < 1.29 is 4.42 Å². The molecule has 48 valence electrons. The molecule has 0 aliphatic carbocycles. The lowest BCUT2D eigenvalue weighted by Gasteiger charge is -1.87. The van der Waals surface area contributed by atoms with Crippen molar-refractivity contribution in [2.24, 2.45) is 0 Å². The van der Waals surface area contributed by atoms with Crippen LogP contribution in [0.1, 0.15) is 12.7 Å². The molecule has 1 heterocycles. The molecule has 0 amide bonds. The van der Waals surface area contributed by atoms with E-state index in [1.807, 2.05) is 6.92 Å². The summed E-state index contributed by atoms with van der Waals surface area (Å²) >= 11 is 0. The van der Waals surface area contributed by atoms with Crippen molar-refractivity contribution >= 4 is 0 Å². The number of hydrogen-bond donors (Lipinski definition) is 0. The molecule has 4 heteroatoms. The zero-order valence-electron chi connectivity index (χ0n) is 5.00. The Morgan fingerprint density at radius 1 is 1.78 bits per heavy atom. The van der Waals surface area contributed by atoms with Gasteiger partial charge in [-0.25, -0.2) is 4.79 Å². The van der Waals surface area contributed by atoms with E-state index >= 15 is 0 Å². The topological polar surface area (TPSA) is 56.0 Å². The minimum atomic E-state index is -0.630. The van der Waals surface area contributed by atoms with E-state index in [1.54, 1.807) is 0 Å². The number of rotatable bonds is 1. The molecular weight excluding hydrogens is 120 g/mol. The highest BCUT2D eigenvalue weighted by Crippen LogP contribution is 1.88. The molecule has 0 saturated carbocycles. The van der Waals surface area contributed by atoms with Gasteiger partial charge in [-0.15, -0.1) is 5.10 Å². The van der Waals surface area contributed by atoms with E-state index in [9.17, 15) is 4.79 Å². The van der Waals surface area contributed by atoms with E-state index in [4.69, 9.17) is 0 Å². The summed E-state index contributed by atoms with van der Waals surface area (Å²) < 4.78 is 4.60. The van der Waals surface area contributed by atoms with Crippen LogP contribution in [0.4, 0.5) is 0 Å². The van der Waals surface area contributed by atoms with Crippen molar-refractivity contribution in [3.05, 3.63) is 22.5 Å². The standard InChI is InChI=1S/C5H6N2O2/c1-2-4-3-6-7-5(8)9-4/h3H,2H2,1H3. The van der Waals surface area contributed by atoms with Gasteiger partial charge in [-0.05, 0) is 0 Å². The van der Waals surface area contributed by atoms with Crippen LogP contribution in [0.3, 0.4) is 0 Å². The zero-order valence-corrected chi connectivity index (χ0v) is 5.00. The molecule has 0 saturated heterocycles. The lowest BCUT2D eigenvalue weighted by Crippen LogP contribution is -2.06. The third kappa shape index (κ3) is 1.35. The van der Waals surface area contributed by atoms with Gasteiger partial charge in [0.1, 0.15) is 5.76 Å². The molecule has 1 aromatic rings. The van der Waals surface area contributed by atoms with Crippen LogP contribution in [0.15, 0.2) is 15.4 Å². The second-order valence-corrected chi connectivity index (χ2v) is 1.53. The van der Waals surface area contributed by atoms with Gasteiger partial charge in [0.15, 0.2) is 0 Å². The van der Waals surface area contributed by atoms with Crippen LogP contribution in [-0.4, -0.2) is 10.2 Å². The monoisotopic (exact) mass is 126 g/mol. The molecule has 0 unspecified atom stereocenters. The summed E-state index contributed by atoms with van der Waals surface area (Å²) in [5, 5.41) is 6.51. The molecule has 0 radical (unpaired) electrons. The maximum absolute atomic E-state index is 10.3. The van der Waals surface area contributed by atoms with Crippen LogP contribution in [0.5, 0.6) is 0 Å². The van der Waals surface area contributed by atoms with Crippen molar-refractivity contribution in [2.75, 3.05) is 0 Å². The molecule has 9 heavy (non-hydrogen) atoms. The van der Waals surface area contributed by atoms with Gasteiger partial charge in [0, 0.05) is 6.42 Å². The minimum absolute atomic E-state index is 0.565. The van der Waals surface area contributed by atoms with E-state index in [-0.39, 0.29) is 0 Å². The summed E-state index contributed by atoms with van der Waals surface area (Å²) in [7, 11) is 0. The van der Waals surface area contributed by atoms with E-state index in [0.29, 0.717) is 12.2 Å². The highest BCUT2D eigenvalue weighted by atomic mass is 16.4. The Bertz CT molecular complexity index is 243. The smallest absolute Gasteiger partial charge is 0.410 e. The molecule has 4 nitrogen and oxygen atoms in total. The first-order valence-electron chi connectivity index (χ1n) is 2.64. The number of hydrogen-bond acceptors (Lipinski definition) is 4. The summed E-state index contributed by atoms with van der Waals surface area (Å²) in [6.07, 6.45) is 2.10. The van der Waals surface area contributed by atoms with Gasteiger partial charge in [0.2, 0.25) is 0 Å². The summed E-state index contributed by atoms with van der Waals surface area (Å²) in [6.45, 7) is 1.87. The molecule has 0 fully saturated rings. The van der Waals surface area contributed by atoms with E-state index in [2.05, 4.69) is 14.6 Å². The Morgan fingerprint density at radius 3 is 3.00 bits per heavy atom. The highest BCUT2D eigenvalue weighted by Gasteiger charge is 1.91. The SMILES string of the molecule is CCc1cnnc(=O)o1. The van der Waals surface area contributed by atoms with Gasteiger partial charge in [0.05, 0.1) is 6.20 Å². The summed E-state index contributed by atoms with van der Waals surface area (Å²) in [4.78, 5) is 10.3. The molecular formula is C5H6N2O2. The van der Waals surface area contributed by atoms with Crippen molar-refractivity contribution in [1.29, 1.82) is 0 Å². The normalized spacial score (nSPS) is 9.44. The Hall–Kier alpha value is -1.19. The predicted octanol–water partition coefficient (Wildman–Crippen LogP) is -0.00780. The van der Waals surface area contributed by atoms with Crippen molar-refractivity contribution in [1.82, 2.24) is 10.2 Å². The third-order valence-electron chi connectivity index (χ3n) is 0.908. The first-order chi connectivity index (χ1) is 4.33. The van der Waals surface area contributed by atoms with E-state index < -0.39 is 5.76 Å². The first-order valence-corrected chi connectivity index (χ1v) is 2.64. The first kappa shape index (κ1) is 5.94. The van der Waals surface area contributed by atoms with Gasteiger partial charge < -0.3 is 4.42 Å². The minimum Gasteiger partial charge on any atom is -0.410 e. The van der Waals surface area contributed by atoms with Gasteiger partial charge in [-0.2, -0.15) is 0 Å². The van der Waals surface area contributed by atoms with Crippen molar-refractivity contribution in [2.45, 2.75) is 13.3 Å². The molecule has 1 rings (SSSR count). The fourth-order valence-corrected chi connectivity index (χ4v) is 0.463. The number of aryl methyl sites for hydroxylation is 1. The van der Waals surface area contributed by atoms with Crippen LogP contribution in [-0.2, 0) is 6.42 Å². The molecule has 0 aromatic carbocycles. The van der Waals surface area contributed by atoms with Crippen LogP contribution in [0.25, 0.3) is 0 Å². The maximum Gasteiger partial charge on any atom is 0.457 e. The van der Waals surface area contributed by atoms with Crippen LogP contribution in [0, 0.1) is 0 Å². The van der Waals surface area contributed by atoms with Crippen LogP contribution in [0.2, 0.25) is 0 Å². The largest absolute Gasteiger partial charge is 0.457 e. The second-order valence-electron chi connectivity index (χ2n) is 1.53. The van der Waals surface area contributed by atoms with Gasteiger partial charge >= 0.3 is 5.76 Å². The molecule has 0 bridgehead atoms. The second kappa shape index (κ2) is 2.39. The Kier molecular flexibility index (Phi) is 1.58. The van der Waals surface area contributed by atoms with Crippen molar-refractivity contribution in [3.63, 3.8) is 0 Å². The zero-order chi connectivity index (χ0) is 6.69. The maximum atomic E-state index is 10.3. The molecule has 0 aliphatic heterocycles.